The van der Waals surface area contributed by atoms with Crippen LogP contribution in [0.25, 0.3) is 0 Å². The number of nitrogens with zero attached hydrogens (tertiary/aromatic N) is 1. The van der Waals surface area contributed by atoms with Crippen LogP contribution in [0.15, 0.2) is 54.6 Å². The Morgan fingerprint density at radius 3 is 2.55 bits per heavy atom. The average Bonchev–Trinajstić information content (AvgIpc) is 3.03. The summed E-state index contributed by atoms with van der Waals surface area (Å²) >= 11 is 0. The van der Waals surface area contributed by atoms with Gasteiger partial charge < -0.3 is 9.84 Å². The lowest BCUT2D eigenvalue weighted by atomic mass is 9.58. The Balaban J connectivity index is 1.78. The van der Waals surface area contributed by atoms with Crippen molar-refractivity contribution in [2.24, 2.45) is 11.3 Å². The summed E-state index contributed by atoms with van der Waals surface area (Å²) in [5.74, 6) is -0.898. The Morgan fingerprint density at radius 2 is 1.86 bits per heavy atom. The van der Waals surface area contributed by atoms with Crippen molar-refractivity contribution in [1.29, 1.82) is 0 Å². The van der Waals surface area contributed by atoms with Gasteiger partial charge in [0.1, 0.15) is 11.5 Å². The van der Waals surface area contributed by atoms with Gasteiger partial charge in [0.25, 0.3) is 0 Å². The number of para-hydroxylation sites is 1. The van der Waals surface area contributed by atoms with E-state index in [4.69, 9.17) is 4.74 Å². The van der Waals surface area contributed by atoms with Crippen LogP contribution in [0.1, 0.15) is 36.8 Å². The number of carboxylic acid groups (broad SMARTS) is 1. The number of carboxylic acids is 1. The Bertz CT molecular complexity index is 912. The molecule has 0 amide bonds. The standard InChI is InChI=1S/C24H27NO4/c1-16-22-20(26)13-12-19(18-10-6-7-11-21(18)29-2)24(22,23(27)28)15-25(16)14-17-8-4-3-5-9-17/h3-11,16,19,22H,12-15H2,1-2H3,(H,27,28). The highest BCUT2D eigenvalue weighted by molar-refractivity contribution is 5.92. The number of ketones is 1. The van der Waals surface area contributed by atoms with E-state index in [0.717, 1.165) is 11.1 Å². The molecular formula is C24H27NO4. The number of aliphatic carboxylic acids is 1. The predicted molar refractivity (Wildman–Crippen MR) is 110 cm³/mol. The van der Waals surface area contributed by atoms with Gasteiger partial charge in [-0.25, -0.2) is 0 Å². The molecule has 1 aliphatic carbocycles. The molecular weight excluding hydrogens is 366 g/mol. The number of hydrogen-bond acceptors (Lipinski definition) is 4. The summed E-state index contributed by atoms with van der Waals surface area (Å²) < 4.78 is 5.56. The Labute approximate surface area is 171 Å². The van der Waals surface area contributed by atoms with Crippen LogP contribution in [-0.4, -0.2) is 41.5 Å². The summed E-state index contributed by atoms with van der Waals surface area (Å²) in [6.45, 7) is 3.00. The first-order valence-corrected chi connectivity index (χ1v) is 10.2. The Hall–Kier alpha value is -2.66. The number of benzene rings is 2. The van der Waals surface area contributed by atoms with Gasteiger partial charge in [0.05, 0.1) is 18.4 Å². The van der Waals surface area contributed by atoms with E-state index in [1.54, 1.807) is 7.11 Å². The molecule has 152 valence electrons. The molecule has 1 N–H and O–H groups in total. The minimum absolute atomic E-state index is 0.0709. The molecule has 5 heteroatoms. The second kappa shape index (κ2) is 7.64. The van der Waals surface area contributed by atoms with Gasteiger partial charge in [0.15, 0.2) is 0 Å². The van der Waals surface area contributed by atoms with Gasteiger partial charge in [-0.3, -0.25) is 14.5 Å². The number of likely N-dealkylation sites (tertiary alicyclic amines) is 1. The molecule has 4 rings (SSSR count). The van der Waals surface area contributed by atoms with Crippen molar-refractivity contribution in [3.05, 3.63) is 65.7 Å². The van der Waals surface area contributed by atoms with Crippen molar-refractivity contribution in [2.75, 3.05) is 13.7 Å². The van der Waals surface area contributed by atoms with E-state index in [2.05, 4.69) is 4.90 Å². The summed E-state index contributed by atoms with van der Waals surface area (Å²) in [4.78, 5) is 28.0. The maximum atomic E-state index is 13.0. The van der Waals surface area contributed by atoms with Gasteiger partial charge in [-0.05, 0) is 30.5 Å². The zero-order valence-corrected chi connectivity index (χ0v) is 16.9. The third-order valence-corrected chi connectivity index (χ3v) is 6.87. The molecule has 0 bridgehead atoms. The fourth-order valence-corrected chi connectivity index (χ4v) is 5.56. The highest BCUT2D eigenvalue weighted by atomic mass is 16.5. The number of hydrogen-bond donors (Lipinski definition) is 1. The number of Topliss-reactive ketones (excluding diaryl/α,β-unsaturated/α-hetero) is 1. The topological polar surface area (TPSA) is 66.8 Å². The lowest BCUT2D eigenvalue weighted by Crippen LogP contribution is -2.51. The molecule has 1 saturated carbocycles. The zero-order valence-electron chi connectivity index (χ0n) is 16.9. The fraction of sp³-hybridized carbons (Fsp3) is 0.417. The molecule has 1 saturated heterocycles. The second-order valence-electron chi connectivity index (χ2n) is 8.25. The fourth-order valence-electron chi connectivity index (χ4n) is 5.56. The number of carbonyl (C=O) groups is 2. The lowest BCUT2D eigenvalue weighted by molar-refractivity contribution is -0.158. The van der Waals surface area contributed by atoms with Crippen molar-refractivity contribution < 1.29 is 19.4 Å². The van der Waals surface area contributed by atoms with Gasteiger partial charge in [0, 0.05) is 31.5 Å². The van der Waals surface area contributed by atoms with Crippen LogP contribution in [0, 0.1) is 11.3 Å². The van der Waals surface area contributed by atoms with Gasteiger partial charge in [-0.15, -0.1) is 0 Å². The number of ether oxygens (including phenoxy) is 1. The average molecular weight is 393 g/mol. The smallest absolute Gasteiger partial charge is 0.312 e. The van der Waals surface area contributed by atoms with Crippen LogP contribution in [0.5, 0.6) is 5.75 Å². The van der Waals surface area contributed by atoms with Crippen molar-refractivity contribution in [1.82, 2.24) is 4.90 Å². The third-order valence-electron chi connectivity index (χ3n) is 6.87. The highest BCUT2D eigenvalue weighted by Crippen LogP contribution is 2.57. The monoisotopic (exact) mass is 393 g/mol. The van der Waals surface area contributed by atoms with Crippen LogP contribution in [-0.2, 0) is 16.1 Å². The summed E-state index contributed by atoms with van der Waals surface area (Å²) in [7, 11) is 1.61. The molecule has 0 spiro atoms. The van der Waals surface area contributed by atoms with Gasteiger partial charge in [-0.1, -0.05) is 48.5 Å². The molecule has 5 nitrogen and oxygen atoms in total. The SMILES string of the molecule is COc1ccccc1C1CCC(=O)C2C(C)N(Cc3ccccc3)CC12C(=O)O. The van der Waals surface area contributed by atoms with Crippen molar-refractivity contribution in [3.63, 3.8) is 0 Å². The van der Waals surface area contributed by atoms with E-state index in [1.165, 1.54) is 0 Å². The Morgan fingerprint density at radius 1 is 1.17 bits per heavy atom. The number of rotatable bonds is 5. The molecule has 0 radical (unpaired) electrons. The molecule has 4 atom stereocenters. The Kier molecular flexibility index (Phi) is 5.17. The van der Waals surface area contributed by atoms with Crippen molar-refractivity contribution in [3.8, 4) is 5.75 Å². The van der Waals surface area contributed by atoms with Crippen LogP contribution < -0.4 is 4.74 Å². The minimum atomic E-state index is -1.14. The first-order valence-electron chi connectivity index (χ1n) is 10.2. The maximum absolute atomic E-state index is 13.0. The summed E-state index contributed by atoms with van der Waals surface area (Å²) in [5, 5.41) is 10.5. The van der Waals surface area contributed by atoms with Gasteiger partial charge in [-0.2, -0.15) is 0 Å². The second-order valence-corrected chi connectivity index (χ2v) is 8.25. The van der Waals surface area contributed by atoms with E-state index in [-0.39, 0.29) is 17.7 Å². The van der Waals surface area contributed by atoms with E-state index in [9.17, 15) is 14.7 Å². The van der Waals surface area contributed by atoms with E-state index in [1.807, 2.05) is 61.5 Å². The van der Waals surface area contributed by atoms with Crippen LogP contribution in [0.3, 0.4) is 0 Å². The molecule has 1 aliphatic heterocycles. The van der Waals surface area contributed by atoms with Crippen LogP contribution >= 0.6 is 0 Å². The predicted octanol–water partition coefficient (Wildman–Crippen LogP) is 3.73. The van der Waals surface area contributed by atoms with Crippen molar-refractivity contribution in [2.45, 2.75) is 38.3 Å². The molecule has 2 aliphatic rings. The molecule has 2 fully saturated rings. The van der Waals surface area contributed by atoms with Crippen LogP contribution in [0.4, 0.5) is 0 Å². The maximum Gasteiger partial charge on any atom is 0.312 e. The largest absolute Gasteiger partial charge is 0.496 e. The number of methoxy groups -OCH3 is 1. The normalized spacial score (nSPS) is 29.4. The quantitative estimate of drug-likeness (QED) is 0.838. The van der Waals surface area contributed by atoms with E-state index in [0.29, 0.717) is 31.7 Å². The number of carbonyl (C=O) groups excluding carboxylic acids is 1. The molecule has 2 aromatic rings. The summed E-state index contributed by atoms with van der Waals surface area (Å²) in [6, 6.07) is 17.5. The third kappa shape index (κ3) is 3.14. The molecule has 29 heavy (non-hydrogen) atoms. The van der Waals surface area contributed by atoms with Gasteiger partial charge in [0.2, 0.25) is 0 Å². The first kappa shape index (κ1) is 19.6. The number of fused-ring (bicyclic) bond motifs is 1. The molecule has 4 unspecified atom stereocenters. The van der Waals surface area contributed by atoms with Crippen molar-refractivity contribution >= 4 is 11.8 Å². The minimum Gasteiger partial charge on any atom is -0.496 e. The lowest BCUT2D eigenvalue weighted by Gasteiger charge is -2.42. The highest BCUT2D eigenvalue weighted by Gasteiger charge is 2.64. The van der Waals surface area contributed by atoms with Gasteiger partial charge >= 0.3 is 5.97 Å². The van der Waals surface area contributed by atoms with E-state index < -0.39 is 17.3 Å². The summed E-state index contributed by atoms with van der Waals surface area (Å²) in [5.41, 5.74) is 0.876. The first-order chi connectivity index (χ1) is 14.0. The summed E-state index contributed by atoms with van der Waals surface area (Å²) in [6.07, 6.45) is 0.944. The molecule has 2 aromatic carbocycles. The molecule has 1 heterocycles. The van der Waals surface area contributed by atoms with E-state index >= 15 is 0 Å². The van der Waals surface area contributed by atoms with Crippen LogP contribution in [0.2, 0.25) is 0 Å². The molecule has 0 aromatic heterocycles. The zero-order chi connectivity index (χ0) is 20.6.